The fourth-order valence-corrected chi connectivity index (χ4v) is 2.72. The van der Waals surface area contributed by atoms with Gasteiger partial charge in [-0.2, -0.15) is 0 Å². The van der Waals surface area contributed by atoms with E-state index < -0.39 is 5.97 Å². The van der Waals surface area contributed by atoms with Gasteiger partial charge in [-0.15, -0.1) is 0 Å². The molecule has 2 heterocycles. The van der Waals surface area contributed by atoms with E-state index in [9.17, 15) is 4.79 Å². The van der Waals surface area contributed by atoms with Gasteiger partial charge in [-0.25, -0.2) is 4.98 Å². The summed E-state index contributed by atoms with van der Waals surface area (Å²) in [5, 5.41) is 8.70. The predicted octanol–water partition coefficient (Wildman–Crippen LogP) is 2.48. The Morgan fingerprint density at radius 1 is 1.35 bits per heavy atom. The van der Waals surface area contributed by atoms with Gasteiger partial charge in [0.2, 0.25) is 0 Å². The van der Waals surface area contributed by atoms with E-state index in [1.54, 1.807) is 0 Å². The summed E-state index contributed by atoms with van der Waals surface area (Å²) < 4.78 is 5.82. The topological polar surface area (TPSA) is 66.6 Å². The Balaban J connectivity index is 1.61. The van der Waals surface area contributed by atoms with Crippen LogP contribution in [0.5, 0.6) is 0 Å². The quantitative estimate of drug-likeness (QED) is 0.927. The lowest BCUT2D eigenvalue weighted by molar-refractivity contribution is -0.137. The summed E-state index contributed by atoms with van der Waals surface area (Å²) in [6, 6.07) is 7.81. The van der Waals surface area contributed by atoms with Crippen molar-refractivity contribution in [2.45, 2.75) is 25.2 Å². The molecule has 0 unspecified atom stereocenters. The molecule has 1 aromatic heterocycles. The number of hydrogen-bond acceptors (Lipinski definition) is 4. The largest absolute Gasteiger partial charge is 0.481 e. The second kappa shape index (κ2) is 5.63. The molecule has 5 heteroatoms. The monoisotopic (exact) mass is 274 g/mol. The Bertz CT molecular complexity index is 567. The summed E-state index contributed by atoms with van der Waals surface area (Å²) in [6.45, 7) is 2.46. The van der Waals surface area contributed by atoms with Gasteiger partial charge in [0.05, 0.1) is 6.42 Å². The van der Waals surface area contributed by atoms with Crippen LogP contribution in [0.1, 0.15) is 31.1 Å². The SMILES string of the molecule is O=C(O)CCN1CCC(c2nc3ccccc3o2)CC1. The van der Waals surface area contributed by atoms with E-state index in [2.05, 4.69) is 9.88 Å². The first-order valence-electron chi connectivity index (χ1n) is 7.02. The highest BCUT2D eigenvalue weighted by atomic mass is 16.4. The highest BCUT2D eigenvalue weighted by Gasteiger charge is 2.24. The van der Waals surface area contributed by atoms with E-state index in [0.29, 0.717) is 12.5 Å². The van der Waals surface area contributed by atoms with Crippen LogP contribution in [0.4, 0.5) is 0 Å². The standard InChI is InChI=1S/C15H18N2O3/c18-14(19)7-10-17-8-5-11(6-9-17)15-16-12-3-1-2-4-13(12)20-15/h1-4,11H,5-10H2,(H,18,19). The zero-order chi connectivity index (χ0) is 13.9. The molecule has 1 fully saturated rings. The number of likely N-dealkylation sites (tertiary alicyclic amines) is 1. The van der Waals surface area contributed by atoms with Crippen LogP contribution in [-0.2, 0) is 4.79 Å². The fraction of sp³-hybridized carbons (Fsp3) is 0.467. The second-order valence-electron chi connectivity index (χ2n) is 5.28. The third-order valence-corrected chi connectivity index (χ3v) is 3.89. The molecule has 1 aromatic carbocycles. The molecule has 1 N–H and O–H groups in total. The Labute approximate surface area is 117 Å². The highest BCUT2D eigenvalue weighted by molar-refractivity contribution is 5.72. The molecule has 0 spiro atoms. The van der Waals surface area contributed by atoms with Gasteiger partial charge in [-0.05, 0) is 38.1 Å². The number of piperidine rings is 1. The third-order valence-electron chi connectivity index (χ3n) is 3.89. The first-order chi connectivity index (χ1) is 9.72. The number of benzene rings is 1. The predicted molar refractivity (Wildman–Crippen MR) is 74.7 cm³/mol. The molecule has 1 aliphatic heterocycles. The number of aliphatic carboxylic acids is 1. The molecule has 0 aliphatic carbocycles. The molecule has 106 valence electrons. The summed E-state index contributed by atoms with van der Waals surface area (Å²) in [4.78, 5) is 17.3. The second-order valence-corrected chi connectivity index (χ2v) is 5.28. The van der Waals surface area contributed by atoms with E-state index in [0.717, 1.165) is 42.9 Å². The van der Waals surface area contributed by atoms with Gasteiger partial charge >= 0.3 is 5.97 Å². The zero-order valence-electron chi connectivity index (χ0n) is 11.3. The van der Waals surface area contributed by atoms with E-state index >= 15 is 0 Å². The molecule has 0 bridgehead atoms. The molecular formula is C15H18N2O3. The van der Waals surface area contributed by atoms with Crippen LogP contribution in [0.15, 0.2) is 28.7 Å². The minimum atomic E-state index is -0.730. The van der Waals surface area contributed by atoms with Crippen molar-refractivity contribution in [3.63, 3.8) is 0 Å². The number of carboxylic acid groups (broad SMARTS) is 1. The maximum absolute atomic E-state index is 10.6. The van der Waals surface area contributed by atoms with Crippen molar-refractivity contribution in [1.29, 1.82) is 0 Å². The van der Waals surface area contributed by atoms with Crippen LogP contribution in [0.25, 0.3) is 11.1 Å². The molecule has 5 nitrogen and oxygen atoms in total. The maximum atomic E-state index is 10.6. The third kappa shape index (κ3) is 2.82. The van der Waals surface area contributed by atoms with Crippen molar-refractivity contribution in [3.8, 4) is 0 Å². The van der Waals surface area contributed by atoms with Crippen LogP contribution in [-0.4, -0.2) is 40.6 Å². The van der Waals surface area contributed by atoms with E-state index in [1.165, 1.54) is 0 Å². The minimum Gasteiger partial charge on any atom is -0.481 e. The number of carbonyl (C=O) groups is 1. The van der Waals surface area contributed by atoms with E-state index in [4.69, 9.17) is 9.52 Å². The highest BCUT2D eigenvalue weighted by Crippen LogP contribution is 2.29. The number of rotatable bonds is 4. The van der Waals surface area contributed by atoms with Crippen molar-refractivity contribution in [1.82, 2.24) is 9.88 Å². The molecular weight excluding hydrogens is 256 g/mol. The molecule has 0 saturated carbocycles. The minimum absolute atomic E-state index is 0.216. The Morgan fingerprint density at radius 3 is 2.80 bits per heavy atom. The van der Waals surface area contributed by atoms with Gasteiger partial charge in [0, 0.05) is 12.5 Å². The first-order valence-corrected chi connectivity index (χ1v) is 7.02. The molecule has 0 atom stereocenters. The van der Waals surface area contributed by atoms with Crippen LogP contribution < -0.4 is 0 Å². The summed E-state index contributed by atoms with van der Waals surface area (Å²) in [5.41, 5.74) is 1.76. The number of oxazole rings is 1. The molecule has 3 rings (SSSR count). The lowest BCUT2D eigenvalue weighted by Gasteiger charge is -2.29. The van der Waals surface area contributed by atoms with E-state index in [-0.39, 0.29) is 6.42 Å². The van der Waals surface area contributed by atoms with Crippen molar-refractivity contribution in [3.05, 3.63) is 30.2 Å². The molecule has 0 amide bonds. The normalized spacial score (nSPS) is 17.6. The van der Waals surface area contributed by atoms with Gasteiger partial charge in [0.15, 0.2) is 11.5 Å². The smallest absolute Gasteiger partial charge is 0.304 e. The Kier molecular flexibility index (Phi) is 3.69. The summed E-state index contributed by atoms with van der Waals surface area (Å²) >= 11 is 0. The van der Waals surface area contributed by atoms with Gasteiger partial charge in [-0.1, -0.05) is 12.1 Å². The summed E-state index contributed by atoms with van der Waals surface area (Å²) in [5.74, 6) is 0.443. The van der Waals surface area contributed by atoms with Crippen molar-refractivity contribution in [2.24, 2.45) is 0 Å². The van der Waals surface area contributed by atoms with Crippen LogP contribution >= 0.6 is 0 Å². The maximum Gasteiger partial charge on any atom is 0.304 e. The fourth-order valence-electron chi connectivity index (χ4n) is 2.72. The first kappa shape index (κ1) is 13.1. The number of fused-ring (bicyclic) bond motifs is 1. The number of para-hydroxylation sites is 2. The van der Waals surface area contributed by atoms with E-state index in [1.807, 2.05) is 24.3 Å². The number of aromatic nitrogens is 1. The Morgan fingerprint density at radius 2 is 2.10 bits per heavy atom. The lowest BCUT2D eigenvalue weighted by atomic mass is 9.97. The number of carboxylic acids is 1. The Hall–Kier alpha value is -1.88. The summed E-state index contributed by atoms with van der Waals surface area (Å²) in [7, 11) is 0. The zero-order valence-corrected chi connectivity index (χ0v) is 11.3. The van der Waals surface area contributed by atoms with Gasteiger partial charge in [-0.3, -0.25) is 4.79 Å². The van der Waals surface area contributed by atoms with Crippen molar-refractivity contribution >= 4 is 17.1 Å². The summed E-state index contributed by atoms with van der Waals surface area (Å²) in [6.07, 6.45) is 2.17. The lowest BCUT2D eigenvalue weighted by Crippen LogP contribution is -2.34. The number of nitrogens with zero attached hydrogens (tertiary/aromatic N) is 2. The van der Waals surface area contributed by atoms with Gasteiger partial charge in [0.1, 0.15) is 5.52 Å². The average molecular weight is 274 g/mol. The van der Waals surface area contributed by atoms with Crippen LogP contribution in [0.2, 0.25) is 0 Å². The molecule has 20 heavy (non-hydrogen) atoms. The van der Waals surface area contributed by atoms with Crippen LogP contribution in [0.3, 0.4) is 0 Å². The van der Waals surface area contributed by atoms with Gasteiger partial charge in [0.25, 0.3) is 0 Å². The number of hydrogen-bond donors (Lipinski definition) is 1. The molecule has 0 radical (unpaired) electrons. The molecule has 1 saturated heterocycles. The van der Waals surface area contributed by atoms with Crippen molar-refractivity contribution in [2.75, 3.05) is 19.6 Å². The molecule has 2 aromatic rings. The molecule has 1 aliphatic rings. The van der Waals surface area contributed by atoms with Gasteiger partial charge < -0.3 is 14.4 Å². The van der Waals surface area contributed by atoms with Crippen molar-refractivity contribution < 1.29 is 14.3 Å². The van der Waals surface area contributed by atoms with Crippen LogP contribution in [0, 0.1) is 0 Å². The average Bonchev–Trinajstić information content (AvgIpc) is 2.89.